The Morgan fingerprint density at radius 3 is 2.65 bits per heavy atom. The molecule has 0 fully saturated rings. The van der Waals surface area contributed by atoms with Gasteiger partial charge in [0.1, 0.15) is 5.52 Å². The van der Waals surface area contributed by atoms with Gasteiger partial charge in [-0.15, -0.1) is 5.10 Å². The van der Waals surface area contributed by atoms with Crippen LogP contribution in [0.3, 0.4) is 0 Å². The maximum Gasteiger partial charge on any atom is 0.332 e. The van der Waals surface area contributed by atoms with Gasteiger partial charge in [0.25, 0.3) is 11.2 Å². The first-order valence-electron chi connectivity index (χ1n) is 7.46. The van der Waals surface area contributed by atoms with Gasteiger partial charge in [0, 0.05) is 18.2 Å². The maximum absolute atomic E-state index is 12.2. The number of benzene rings is 2. The molecule has 3 rings (SSSR count). The molecule has 1 aromatic heterocycles. The van der Waals surface area contributed by atoms with Crippen molar-refractivity contribution in [3.05, 3.63) is 80.6 Å². The number of fused-ring (bicyclic) bond motifs is 1. The lowest BCUT2D eigenvalue weighted by Crippen LogP contribution is -2.26. The molecule has 9 heteroatoms. The number of esters is 1. The molecule has 3 aromatic rings. The largest absolute Gasteiger partial charge is 0.439 e. The van der Waals surface area contributed by atoms with Crippen LogP contribution in [0.15, 0.2) is 59.4 Å². The van der Waals surface area contributed by atoms with Crippen LogP contribution in [0.2, 0.25) is 0 Å². The van der Waals surface area contributed by atoms with E-state index in [1.54, 1.807) is 24.3 Å². The lowest BCUT2D eigenvalue weighted by molar-refractivity contribution is -0.384. The first kappa shape index (κ1) is 17.0. The van der Waals surface area contributed by atoms with Crippen molar-refractivity contribution in [2.75, 3.05) is 0 Å². The Bertz CT molecular complexity index is 1060. The van der Waals surface area contributed by atoms with Crippen molar-refractivity contribution in [3.8, 4) is 0 Å². The zero-order valence-electron chi connectivity index (χ0n) is 13.3. The molecule has 9 nitrogen and oxygen atoms in total. The van der Waals surface area contributed by atoms with E-state index in [0.29, 0.717) is 16.5 Å². The molecule has 0 N–H and O–H groups in total. The van der Waals surface area contributed by atoms with Gasteiger partial charge in [-0.25, -0.2) is 4.79 Å². The average Bonchev–Trinajstić information content (AvgIpc) is 2.66. The molecule has 1 heterocycles. The second-order valence-electron chi connectivity index (χ2n) is 5.19. The standard InChI is InChI=1S/C17H12N4O5/c22-16(10-7-12-5-8-13(9-6-12)21(24)25)26-11-20-17(23)14-3-1-2-4-15(14)18-19-20/h1-10H,11H2. The van der Waals surface area contributed by atoms with Crippen LogP contribution < -0.4 is 5.56 Å². The van der Waals surface area contributed by atoms with E-state index >= 15 is 0 Å². The monoisotopic (exact) mass is 352 g/mol. The summed E-state index contributed by atoms with van der Waals surface area (Å²) in [5.74, 6) is -0.690. The molecule has 0 saturated carbocycles. The van der Waals surface area contributed by atoms with Crippen molar-refractivity contribution in [2.45, 2.75) is 6.73 Å². The molecule has 26 heavy (non-hydrogen) atoms. The highest BCUT2D eigenvalue weighted by Gasteiger charge is 2.07. The van der Waals surface area contributed by atoms with Crippen molar-refractivity contribution in [3.63, 3.8) is 0 Å². The van der Waals surface area contributed by atoms with Crippen molar-refractivity contribution < 1.29 is 14.5 Å². The molecule has 0 saturated heterocycles. The highest BCUT2D eigenvalue weighted by atomic mass is 16.6. The SMILES string of the molecule is O=C(C=Cc1ccc([N+](=O)[O-])cc1)OCn1nnc2ccccc2c1=O. The first-order chi connectivity index (χ1) is 12.5. The predicted molar refractivity (Wildman–Crippen MR) is 92.0 cm³/mol. The molecule has 0 bridgehead atoms. The maximum atomic E-state index is 12.2. The first-order valence-corrected chi connectivity index (χ1v) is 7.46. The van der Waals surface area contributed by atoms with Crippen molar-refractivity contribution >= 4 is 28.6 Å². The smallest absolute Gasteiger partial charge is 0.332 e. The average molecular weight is 352 g/mol. The van der Waals surface area contributed by atoms with Gasteiger partial charge >= 0.3 is 5.97 Å². The number of carbonyl (C=O) groups is 1. The van der Waals surface area contributed by atoms with Gasteiger partial charge in [-0.05, 0) is 35.9 Å². The second-order valence-corrected chi connectivity index (χ2v) is 5.19. The van der Waals surface area contributed by atoms with Crippen molar-refractivity contribution in [2.24, 2.45) is 0 Å². The van der Waals surface area contributed by atoms with Gasteiger partial charge in [-0.1, -0.05) is 17.3 Å². The van der Waals surface area contributed by atoms with Gasteiger partial charge in [-0.3, -0.25) is 14.9 Å². The van der Waals surface area contributed by atoms with Crippen LogP contribution >= 0.6 is 0 Å². The highest BCUT2D eigenvalue weighted by molar-refractivity contribution is 5.87. The lowest BCUT2D eigenvalue weighted by atomic mass is 10.2. The summed E-state index contributed by atoms with van der Waals surface area (Å²) in [6.45, 7) is -0.375. The number of rotatable bonds is 5. The molecule has 0 aliphatic carbocycles. The summed E-state index contributed by atoms with van der Waals surface area (Å²) in [6, 6.07) is 12.4. The summed E-state index contributed by atoms with van der Waals surface area (Å²) >= 11 is 0. The van der Waals surface area contributed by atoms with Gasteiger partial charge in [-0.2, -0.15) is 4.68 Å². The Kier molecular flexibility index (Phi) is 4.79. The zero-order chi connectivity index (χ0) is 18.5. The van der Waals surface area contributed by atoms with E-state index in [1.165, 1.54) is 30.3 Å². The van der Waals surface area contributed by atoms with E-state index in [9.17, 15) is 19.7 Å². The fraction of sp³-hybridized carbons (Fsp3) is 0.0588. The number of nitro benzene ring substituents is 1. The Hall–Kier alpha value is -3.88. The topological polar surface area (TPSA) is 117 Å². The lowest BCUT2D eigenvalue weighted by Gasteiger charge is -2.04. The Balaban J connectivity index is 1.64. The molecule has 2 aromatic carbocycles. The summed E-state index contributed by atoms with van der Waals surface area (Å²) in [5.41, 5.74) is 0.593. The Labute approximate surface area is 146 Å². The minimum Gasteiger partial charge on any atom is -0.439 e. The number of hydrogen-bond donors (Lipinski definition) is 0. The minimum absolute atomic E-state index is 0.0426. The fourth-order valence-electron chi connectivity index (χ4n) is 2.15. The quantitative estimate of drug-likeness (QED) is 0.298. The minimum atomic E-state index is -0.690. The van der Waals surface area contributed by atoms with E-state index in [0.717, 1.165) is 10.8 Å². The number of nitrogens with zero attached hydrogens (tertiary/aromatic N) is 4. The van der Waals surface area contributed by atoms with Gasteiger partial charge in [0.15, 0.2) is 6.73 Å². The molecule has 0 radical (unpaired) electrons. The van der Waals surface area contributed by atoms with Crippen molar-refractivity contribution in [1.82, 2.24) is 15.0 Å². The predicted octanol–water partition coefficient (Wildman–Crippen LogP) is 1.91. The molecule has 0 unspecified atom stereocenters. The summed E-state index contributed by atoms with van der Waals surface area (Å²) in [7, 11) is 0. The number of nitro groups is 1. The number of carbonyl (C=O) groups excluding carboxylic acids is 1. The van der Waals surface area contributed by atoms with Crippen LogP contribution in [0.25, 0.3) is 17.0 Å². The van der Waals surface area contributed by atoms with Crippen LogP contribution in [-0.2, 0) is 16.3 Å². The number of ether oxygens (including phenoxy) is 1. The van der Waals surface area contributed by atoms with Gasteiger partial charge < -0.3 is 4.74 Å². The fourth-order valence-corrected chi connectivity index (χ4v) is 2.15. The van der Waals surface area contributed by atoms with Gasteiger partial charge in [0.05, 0.1) is 10.3 Å². The Morgan fingerprint density at radius 2 is 1.92 bits per heavy atom. The molecular weight excluding hydrogens is 340 g/mol. The summed E-state index contributed by atoms with van der Waals surface area (Å²) in [6.07, 6.45) is 2.60. The van der Waals surface area contributed by atoms with E-state index in [-0.39, 0.29) is 12.4 Å². The molecule has 130 valence electrons. The van der Waals surface area contributed by atoms with Crippen LogP contribution in [0, 0.1) is 10.1 Å². The van der Waals surface area contributed by atoms with Crippen LogP contribution in [0.1, 0.15) is 5.56 Å². The Morgan fingerprint density at radius 1 is 1.19 bits per heavy atom. The van der Waals surface area contributed by atoms with E-state index in [2.05, 4.69) is 10.3 Å². The molecule has 0 amide bonds. The van der Waals surface area contributed by atoms with Crippen LogP contribution in [-0.4, -0.2) is 25.9 Å². The molecule has 0 aliphatic rings. The van der Waals surface area contributed by atoms with Crippen LogP contribution in [0.5, 0.6) is 0 Å². The van der Waals surface area contributed by atoms with Crippen molar-refractivity contribution in [1.29, 1.82) is 0 Å². The second kappa shape index (κ2) is 7.34. The third-order valence-electron chi connectivity index (χ3n) is 3.47. The summed E-state index contributed by atoms with van der Waals surface area (Å²) in [4.78, 5) is 34.0. The third-order valence-corrected chi connectivity index (χ3v) is 3.47. The van der Waals surface area contributed by atoms with Crippen LogP contribution in [0.4, 0.5) is 5.69 Å². The normalized spacial score (nSPS) is 10.9. The summed E-state index contributed by atoms with van der Waals surface area (Å²) in [5, 5.41) is 18.6. The van der Waals surface area contributed by atoms with Gasteiger partial charge in [0.2, 0.25) is 0 Å². The molecule has 0 atom stereocenters. The zero-order valence-corrected chi connectivity index (χ0v) is 13.3. The van der Waals surface area contributed by atoms with E-state index in [1.807, 2.05) is 0 Å². The van der Waals surface area contributed by atoms with E-state index < -0.39 is 16.5 Å². The molecule has 0 spiro atoms. The molecule has 0 aliphatic heterocycles. The number of hydrogen-bond acceptors (Lipinski definition) is 7. The third kappa shape index (κ3) is 3.78. The van der Waals surface area contributed by atoms with E-state index in [4.69, 9.17) is 4.74 Å². The number of aromatic nitrogens is 3. The number of non-ortho nitro benzene ring substituents is 1. The highest BCUT2D eigenvalue weighted by Crippen LogP contribution is 2.12. The molecular formula is C17H12N4O5. The summed E-state index contributed by atoms with van der Waals surface area (Å²) < 4.78 is 5.91.